The summed E-state index contributed by atoms with van der Waals surface area (Å²) in [5, 5.41) is 12.6. The fourth-order valence-electron chi connectivity index (χ4n) is 3.76. The van der Waals surface area contributed by atoms with E-state index < -0.39 is 11.9 Å². The molecule has 0 aliphatic heterocycles. The minimum Gasteiger partial charge on any atom is -0.368 e. The number of primary amides is 1. The highest BCUT2D eigenvalue weighted by Crippen LogP contribution is 2.38. The van der Waals surface area contributed by atoms with Gasteiger partial charge in [-0.05, 0) is 49.8 Å². The molecule has 8 nitrogen and oxygen atoms in total. The van der Waals surface area contributed by atoms with Crippen molar-refractivity contribution in [3.63, 3.8) is 0 Å². The normalized spacial score (nSPS) is 14.1. The van der Waals surface area contributed by atoms with Gasteiger partial charge in [-0.2, -0.15) is 0 Å². The Kier molecular flexibility index (Phi) is 6.73. The lowest BCUT2D eigenvalue weighted by Gasteiger charge is -2.16. The molecule has 0 saturated heterocycles. The number of rotatable bonds is 7. The second kappa shape index (κ2) is 9.51. The molecule has 11 heteroatoms. The summed E-state index contributed by atoms with van der Waals surface area (Å²) < 4.78 is 1.58. The first-order valence-corrected chi connectivity index (χ1v) is 12.4. The zero-order chi connectivity index (χ0) is 22.8. The van der Waals surface area contributed by atoms with Crippen LogP contribution in [-0.4, -0.2) is 26.6 Å². The van der Waals surface area contributed by atoms with E-state index in [1.165, 1.54) is 23.1 Å². The lowest BCUT2D eigenvalue weighted by molar-refractivity contribution is -0.118. The van der Waals surface area contributed by atoms with Crippen LogP contribution in [0.1, 0.15) is 52.2 Å². The molecule has 1 unspecified atom stereocenters. The molecule has 1 atom stereocenters. The summed E-state index contributed by atoms with van der Waals surface area (Å²) in [6.45, 7) is 1.71. The third kappa shape index (κ3) is 4.48. The Bertz CT molecular complexity index is 1180. The van der Waals surface area contributed by atoms with Gasteiger partial charge in [0.05, 0.1) is 5.56 Å². The number of fused-ring (bicyclic) bond motifs is 1. The predicted octanol–water partition coefficient (Wildman–Crippen LogP) is 4.04. The molecule has 0 fully saturated rings. The number of benzene rings is 1. The van der Waals surface area contributed by atoms with Gasteiger partial charge < -0.3 is 16.8 Å². The van der Waals surface area contributed by atoms with Crippen LogP contribution in [0.4, 0.5) is 10.9 Å². The van der Waals surface area contributed by atoms with Crippen molar-refractivity contribution in [1.29, 1.82) is 0 Å². The summed E-state index contributed by atoms with van der Waals surface area (Å²) in [6.07, 6.45) is 3.78. The van der Waals surface area contributed by atoms with E-state index in [0.717, 1.165) is 41.7 Å². The van der Waals surface area contributed by atoms with Gasteiger partial charge in [-0.25, -0.2) is 0 Å². The number of nitrogens with one attached hydrogen (secondary N) is 1. The zero-order valence-corrected chi connectivity index (χ0v) is 19.8. The standard InChI is InChI=1S/C21H23ClN6O2S2/c1-11(18(30)25-19-16(17(23)29)13-7-3-5-9-15(13)32-19)28-20(24)26-27-21(28)31-10-12-6-2-4-8-14(12)22/h2,4,6,8,11H,3,5,7,9-10H2,1H3,(H2,23,29)(H2,24,26)(H,25,30). The van der Waals surface area contributed by atoms with Crippen molar-refractivity contribution in [2.45, 2.75) is 49.6 Å². The predicted molar refractivity (Wildman–Crippen MR) is 128 cm³/mol. The van der Waals surface area contributed by atoms with E-state index >= 15 is 0 Å². The lowest BCUT2D eigenvalue weighted by atomic mass is 9.95. The van der Waals surface area contributed by atoms with Crippen LogP contribution in [0.5, 0.6) is 0 Å². The molecule has 32 heavy (non-hydrogen) atoms. The molecular weight excluding hydrogens is 468 g/mol. The number of thioether (sulfide) groups is 1. The van der Waals surface area contributed by atoms with Gasteiger partial charge >= 0.3 is 0 Å². The number of carbonyl (C=O) groups excluding carboxylic acids is 2. The Labute approximate surface area is 198 Å². The quantitative estimate of drug-likeness (QED) is 0.428. The highest BCUT2D eigenvalue weighted by atomic mass is 35.5. The van der Waals surface area contributed by atoms with E-state index in [-0.39, 0.29) is 11.9 Å². The number of carbonyl (C=O) groups is 2. The number of nitrogens with two attached hydrogens (primary N) is 2. The number of thiophene rings is 1. The van der Waals surface area contributed by atoms with Gasteiger partial charge in [0.1, 0.15) is 11.0 Å². The Morgan fingerprint density at radius 1 is 1.28 bits per heavy atom. The summed E-state index contributed by atoms with van der Waals surface area (Å²) in [7, 11) is 0. The van der Waals surface area contributed by atoms with Crippen molar-refractivity contribution < 1.29 is 9.59 Å². The van der Waals surface area contributed by atoms with Gasteiger partial charge in [-0.1, -0.05) is 41.6 Å². The second-order valence-corrected chi connectivity index (χ2v) is 9.99. The van der Waals surface area contributed by atoms with Gasteiger partial charge in [-0.15, -0.1) is 21.5 Å². The van der Waals surface area contributed by atoms with Gasteiger partial charge in [0, 0.05) is 15.7 Å². The number of nitrogen functional groups attached to an aromatic ring is 1. The van der Waals surface area contributed by atoms with E-state index in [1.54, 1.807) is 11.5 Å². The first-order valence-electron chi connectivity index (χ1n) is 10.2. The first-order chi connectivity index (χ1) is 15.4. The molecule has 5 N–H and O–H groups in total. The maximum Gasteiger partial charge on any atom is 0.251 e. The SMILES string of the molecule is CC(C(=O)Nc1sc2c(c1C(N)=O)CCCC2)n1c(N)nnc1SCc1ccccc1Cl. The van der Waals surface area contributed by atoms with E-state index in [0.29, 0.717) is 26.5 Å². The van der Waals surface area contributed by atoms with Crippen molar-refractivity contribution in [3.8, 4) is 0 Å². The maximum atomic E-state index is 13.1. The number of nitrogens with zero attached hydrogens (tertiary/aromatic N) is 3. The third-order valence-electron chi connectivity index (χ3n) is 5.43. The number of halogens is 1. The molecule has 2 amide bonds. The Hall–Kier alpha value is -2.56. The monoisotopic (exact) mass is 490 g/mol. The highest BCUT2D eigenvalue weighted by Gasteiger charge is 2.28. The summed E-state index contributed by atoms with van der Waals surface area (Å²) >= 11 is 9.06. The van der Waals surface area contributed by atoms with Crippen LogP contribution in [0.15, 0.2) is 29.4 Å². The third-order valence-corrected chi connectivity index (χ3v) is 7.99. The smallest absolute Gasteiger partial charge is 0.251 e. The molecule has 1 aromatic carbocycles. The summed E-state index contributed by atoms with van der Waals surface area (Å²) in [4.78, 5) is 26.3. The summed E-state index contributed by atoms with van der Waals surface area (Å²) in [5.74, 6) is -0.158. The van der Waals surface area contributed by atoms with Crippen molar-refractivity contribution in [2.24, 2.45) is 5.73 Å². The maximum absolute atomic E-state index is 13.1. The molecule has 1 aliphatic carbocycles. The number of aryl methyl sites for hydroxylation is 1. The number of hydrogen-bond acceptors (Lipinski definition) is 7. The number of aromatic nitrogens is 3. The molecule has 1 aliphatic rings. The first kappa shape index (κ1) is 22.6. The minimum atomic E-state index is -0.696. The van der Waals surface area contributed by atoms with Crippen molar-refractivity contribution in [3.05, 3.63) is 50.9 Å². The van der Waals surface area contributed by atoms with Gasteiger partial charge in [0.2, 0.25) is 11.9 Å². The van der Waals surface area contributed by atoms with Gasteiger partial charge in [0.15, 0.2) is 5.16 Å². The molecule has 0 saturated carbocycles. The molecule has 0 spiro atoms. The largest absolute Gasteiger partial charge is 0.368 e. The fraction of sp³-hybridized carbons (Fsp3) is 0.333. The zero-order valence-electron chi connectivity index (χ0n) is 17.4. The number of anilines is 2. The van der Waals surface area contributed by atoms with Crippen LogP contribution in [0.3, 0.4) is 0 Å². The van der Waals surface area contributed by atoms with E-state index in [9.17, 15) is 9.59 Å². The lowest BCUT2D eigenvalue weighted by Crippen LogP contribution is -2.26. The Morgan fingerprint density at radius 2 is 2.03 bits per heavy atom. The summed E-state index contributed by atoms with van der Waals surface area (Å²) in [6, 6.07) is 6.84. The van der Waals surface area contributed by atoms with Crippen molar-refractivity contribution >= 4 is 57.5 Å². The van der Waals surface area contributed by atoms with Crippen molar-refractivity contribution in [2.75, 3.05) is 11.1 Å². The van der Waals surface area contributed by atoms with Gasteiger partial charge in [0.25, 0.3) is 5.91 Å². The highest BCUT2D eigenvalue weighted by molar-refractivity contribution is 7.98. The molecule has 0 radical (unpaired) electrons. The molecule has 2 aromatic heterocycles. The topological polar surface area (TPSA) is 129 Å². The Balaban J connectivity index is 1.54. The van der Waals surface area contributed by atoms with Crippen molar-refractivity contribution in [1.82, 2.24) is 14.8 Å². The molecule has 2 heterocycles. The van der Waals surface area contributed by atoms with Crippen LogP contribution < -0.4 is 16.8 Å². The van der Waals surface area contributed by atoms with Crippen LogP contribution in [0, 0.1) is 0 Å². The molecule has 3 aromatic rings. The van der Waals surface area contributed by atoms with Crippen LogP contribution in [-0.2, 0) is 23.4 Å². The molecular formula is C21H23ClN6O2S2. The summed E-state index contributed by atoms with van der Waals surface area (Å²) in [5.41, 5.74) is 14.0. The van der Waals surface area contributed by atoms with Crippen LogP contribution in [0.2, 0.25) is 5.02 Å². The minimum absolute atomic E-state index is 0.134. The van der Waals surface area contributed by atoms with E-state index in [1.807, 2.05) is 24.3 Å². The molecule has 0 bridgehead atoms. The van der Waals surface area contributed by atoms with Crippen LogP contribution >= 0.6 is 34.7 Å². The number of hydrogen-bond donors (Lipinski definition) is 3. The van der Waals surface area contributed by atoms with Gasteiger partial charge in [-0.3, -0.25) is 14.2 Å². The average molecular weight is 491 g/mol. The second-order valence-electron chi connectivity index (χ2n) is 7.54. The molecule has 168 valence electrons. The van der Waals surface area contributed by atoms with E-state index in [4.69, 9.17) is 23.1 Å². The van der Waals surface area contributed by atoms with Crippen LogP contribution in [0.25, 0.3) is 0 Å². The Morgan fingerprint density at radius 3 is 2.78 bits per heavy atom. The van der Waals surface area contributed by atoms with E-state index in [2.05, 4.69) is 15.5 Å². The average Bonchev–Trinajstić information content (AvgIpc) is 3.32. The number of amides is 2. The fourth-order valence-corrected chi connectivity index (χ4v) is 6.36. The molecule has 4 rings (SSSR count).